The first kappa shape index (κ1) is 14.1. The monoisotopic (exact) mass is 309 g/mol. The van der Waals surface area contributed by atoms with Crippen LogP contribution in [-0.4, -0.2) is 42.1 Å². The largest absolute Gasteiger partial charge is 0.345 e. The Morgan fingerprint density at radius 2 is 1.96 bits per heavy atom. The predicted octanol–water partition coefficient (Wildman–Crippen LogP) is 0.975. The van der Waals surface area contributed by atoms with E-state index in [0.29, 0.717) is 13.1 Å². The summed E-state index contributed by atoms with van der Waals surface area (Å²) in [5.74, 6) is 1.04. The summed E-state index contributed by atoms with van der Waals surface area (Å²) in [6, 6.07) is 9.84. The molecule has 0 unspecified atom stereocenters. The zero-order valence-electron chi connectivity index (χ0n) is 12.9. The maximum atomic E-state index is 12.6. The molecule has 1 saturated heterocycles. The summed E-state index contributed by atoms with van der Waals surface area (Å²) in [4.78, 5) is 25.3. The Morgan fingerprint density at radius 1 is 1.09 bits per heavy atom. The van der Waals surface area contributed by atoms with Crippen LogP contribution < -0.4 is 15.1 Å². The molecule has 1 N–H and O–H groups in total. The zero-order chi connectivity index (χ0) is 15.6. The van der Waals surface area contributed by atoms with Crippen LogP contribution in [0.15, 0.2) is 36.7 Å². The number of rotatable bonds is 2. The number of hydrogen-bond acceptors (Lipinski definition) is 5. The van der Waals surface area contributed by atoms with Gasteiger partial charge in [0.25, 0.3) is 0 Å². The highest BCUT2D eigenvalue weighted by Gasteiger charge is 2.28. The van der Waals surface area contributed by atoms with Gasteiger partial charge in [-0.2, -0.15) is 0 Å². The van der Waals surface area contributed by atoms with E-state index in [1.165, 1.54) is 5.56 Å². The Hall–Kier alpha value is -2.47. The number of hydrogen-bond donors (Lipinski definition) is 1. The molecule has 118 valence electrons. The first-order valence-corrected chi connectivity index (χ1v) is 7.97. The SMILES string of the molecule is O=C1CN(c2ncnc3c2CCNC3)CCN1c1ccccc1. The summed E-state index contributed by atoms with van der Waals surface area (Å²) in [6.07, 6.45) is 2.52. The summed E-state index contributed by atoms with van der Waals surface area (Å²) >= 11 is 0. The number of benzene rings is 1. The van der Waals surface area contributed by atoms with Crippen molar-refractivity contribution in [1.29, 1.82) is 0 Å². The van der Waals surface area contributed by atoms with Crippen molar-refractivity contribution in [3.8, 4) is 0 Å². The number of amides is 1. The Balaban J connectivity index is 1.56. The molecule has 1 aromatic heterocycles. The van der Waals surface area contributed by atoms with E-state index >= 15 is 0 Å². The Labute approximate surface area is 135 Å². The molecule has 1 amide bonds. The van der Waals surface area contributed by atoms with Crippen LogP contribution in [0.3, 0.4) is 0 Å². The average Bonchev–Trinajstić information content (AvgIpc) is 2.62. The maximum absolute atomic E-state index is 12.6. The third-order valence-electron chi connectivity index (χ3n) is 4.44. The lowest BCUT2D eigenvalue weighted by molar-refractivity contribution is -0.117. The van der Waals surface area contributed by atoms with Gasteiger partial charge in [0, 0.05) is 30.9 Å². The molecule has 4 rings (SSSR count). The van der Waals surface area contributed by atoms with Crippen molar-refractivity contribution in [1.82, 2.24) is 15.3 Å². The molecule has 6 heteroatoms. The number of nitrogens with zero attached hydrogens (tertiary/aromatic N) is 4. The van der Waals surface area contributed by atoms with Crippen LogP contribution in [0.2, 0.25) is 0 Å². The lowest BCUT2D eigenvalue weighted by Crippen LogP contribution is -2.51. The van der Waals surface area contributed by atoms with Crippen LogP contribution in [0.4, 0.5) is 11.5 Å². The number of piperazine rings is 1. The van der Waals surface area contributed by atoms with E-state index in [2.05, 4.69) is 20.2 Å². The number of aromatic nitrogens is 2. The molecule has 2 aliphatic rings. The quantitative estimate of drug-likeness (QED) is 0.896. The summed E-state index contributed by atoms with van der Waals surface area (Å²) in [5, 5.41) is 3.32. The molecule has 0 bridgehead atoms. The van der Waals surface area contributed by atoms with Crippen molar-refractivity contribution in [2.45, 2.75) is 13.0 Å². The molecule has 1 aromatic carbocycles. The van der Waals surface area contributed by atoms with Crippen LogP contribution in [0.1, 0.15) is 11.3 Å². The van der Waals surface area contributed by atoms with Crippen LogP contribution in [-0.2, 0) is 17.8 Å². The summed E-state index contributed by atoms with van der Waals surface area (Å²) < 4.78 is 0. The fourth-order valence-corrected chi connectivity index (χ4v) is 3.27. The second-order valence-corrected chi connectivity index (χ2v) is 5.85. The molecule has 23 heavy (non-hydrogen) atoms. The van der Waals surface area contributed by atoms with Crippen molar-refractivity contribution in [3.63, 3.8) is 0 Å². The van der Waals surface area contributed by atoms with Crippen LogP contribution in [0.5, 0.6) is 0 Å². The van der Waals surface area contributed by atoms with Crippen molar-refractivity contribution >= 4 is 17.4 Å². The van der Waals surface area contributed by atoms with Gasteiger partial charge in [-0.1, -0.05) is 18.2 Å². The van der Waals surface area contributed by atoms with E-state index in [9.17, 15) is 4.79 Å². The molecule has 6 nitrogen and oxygen atoms in total. The molecular weight excluding hydrogens is 290 g/mol. The van der Waals surface area contributed by atoms with Gasteiger partial charge in [-0.25, -0.2) is 9.97 Å². The third kappa shape index (κ3) is 2.66. The number of nitrogens with one attached hydrogen (secondary N) is 1. The standard InChI is InChI=1S/C17H19N5O/c23-16-11-21(8-9-22(16)13-4-2-1-3-5-13)17-14-6-7-18-10-15(14)19-12-20-17/h1-5,12,18H,6-11H2. The van der Waals surface area contributed by atoms with Gasteiger partial charge in [-0.15, -0.1) is 0 Å². The second-order valence-electron chi connectivity index (χ2n) is 5.85. The maximum Gasteiger partial charge on any atom is 0.246 e. The highest BCUT2D eigenvalue weighted by atomic mass is 16.2. The van der Waals surface area contributed by atoms with Crippen molar-refractivity contribution < 1.29 is 4.79 Å². The Morgan fingerprint density at radius 3 is 2.78 bits per heavy atom. The van der Waals surface area contributed by atoms with Gasteiger partial charge >= 0.3 is 0 Å². The number of para-hydroxylation sites is 1. The summed E-state index contributed by atoms with van der Waals surface area (Å²) in [7, 11) is 0. The molecule has 0 radical (unpaired) electrons. The lowest BCUT2D eigenvalue weighted by Gasteiger charge is -2.36. The molecule has 2 aromatic rings. The van der Waals surface area contributed by atoms with Crippen molar-refractivity contribution in [3.05, 3.63) is 47.9 Å². The minimum absolute atomic E-state index is 0.115. The van der Waals surface area contributed by atoms with Crippen molar-refractivity contribution in [2.75, 3.05) is 36.0 Å². The fourth-order valence-electron chi connectivity index (χ4n) is 3.27. The fraction of sp³-hybridized carbons (Fsp3) is 0.353. The van der Waals surface area contributed by atoms with E-state index < -0.39 is 0 Å². The third-order valence-corrected chi connectivity index (χ3v) is 4.44. The van der Waals surface area contributed by atoms with Crippen molar-refractivity contribution in [2.24, 2.45) is 0 Å². The Kier molecular flexibility index (Phi) is 3.67. The molecule has 0 saturated carbocycles. The topological polar surface area (TPSA) is 61.4 Å². The predicted molar refractivity (Wildman–Crippen MR) is 88.5 cm³/mol. The van der Waals surface area contributed by atoms with Crippen LogP contribution in [0, 0.1) is 0 Å². The Bertz CT molecular complexity index is 718. The van der Waals surface area contributed by atoms with E-state index in [0.717, 1.165) is 43.3 Å². The molecule has 0 aliphatic carbocycles. The lowest BCUT2D eigenvalue weighted by atomic mass is 10.1. The molecular formula is C17H19N5O. The number of carbonyl (C=O) groups is 1. The van der Waals surface area contributed by atoms with Crippen LogP contribution >= 0.6 is 0 Å². The smallest absolute Gasteiger partial charge is 0.246 e. The number of carbonyl (C=O) groups excluding carboxylic acids is 1. The molecule has 1 fully saturated rings. The second kappa shape index (κ2) is 5.96. The van der Waals surface area contributed by atoms with Gasteiger partial charge in [0.05, 0.1) is 12.2 Å². The minimum atomic E-state index is 0.115. The van der Waals surface area contributed by atoms with Crippen LogP contribution in [0.25, 0.3) is 0 Å². The highest BCUT2D eigenvalue weighted by Crippen LogP contribution is 2.25. The normalized spacial score (nSPS) is 18.0. The van der Waals surface area contributed by atoms with Gasteiger partial charge in [0.1, 0.15) is 12.1 Å². The first-order chi connectivity index (χ1) is 11.3. The molecule has 3 heterocycles. The molecule has 0 atom stereocenters. The number of fused-ring (bicyclic) bond motifs is 1. The van der Waals surface area contributed by atoms with E-state index in [1.807, 2.05) is 35.2 Å². The number of anilines is 2. The molecule has 0 spiro atoms. The van der Waals surface area contributed by atoms with Gasteiger partial charge < -0.3 is 15.1 Å². The zero-order valence-corrected chi connectivity index (χ0v) is 12.9. The van der Waals surface area contributed by atoms with Gasteiger partial charge in [0.15, 0.2) is 0 Å². The van der Waals surface area contributed by atoms with E-state index in [4.69, 9.17) is 0 Å². The highest BCUT2D eigenvalue weighted by molar-refractivity contribution is 5.97. The average molecular weight is 309 g/mol. The first-order valence-electron chi connectivity index (χ1n) is 7.97. The van der Waals surface area contributed by atoms with Gasteiger partial charge in [-0.05, 0) is 25.1 Å². The van der Waals surface area contributed by atoms with Gasteiger partial charge in [-0.3, -0.25) is 4.79 Å². The molecule has 2 aliphatic heterocycles. The summed E-state index contributed by atoms with van der Waals surface area (Å²) in [6.45, 7) is 3.55. The minimum Gasteiger partial charge on any atom is -0.345 e. The summed E-state index contributed by atoms with van der Waals surface area (Å²) in [5.41, 5.74) is 3.21. The van der Waals surface area contributed by atoms with E-state index in [1.54, 1.807) is 6.33 Å². The van der Waals surface area contributed by atoms with E-state index in [-0.39, 0.29) is 5.91 Å². The van der Waals surface area contributed by atoms with Gasteiger partial charge in [0.2, 0.25) is 5.91 Å².